The van der Waals surface area contributed by atoms with E-state index in [2.05, 4.69) is 10.0 Å². The summed E-state index contributed by atoms with van der Waals surface area (Å²) in [6, 6.07) is 0.692. The molecule has 1 saturated heterocycles. The Labute approximate surface area is 115 Å². The monoisotopic (exact) mass is 308 g/mol. The number of hydrogen-bond acceptors (Lipinski definition) is 3. The Kier molecular flexibility index (Phi) is 4.66. The van der Waals surface area contributed by atoms with Gasteiger partial charge >= 0.3 is 0 Å². The normalized spacial score (nSPS) is 19.4. The van der Waals surface area contributed by atoms with Crippen LogP contribution in [0.2, 0.25) is 0 Å². The van der Waals surface area contributed by atoms with E-state index in [0.717, 1.165) is 19.5 Å². The second kappa shape index (κ2) is 6.11. The highest BCUT2D eigenvalue weighted by Gasteiger charge is 2.25. The largest absolute Gasteiger partial charge is 0.316 e. The van der Waals surface area contributed by atoms with Crippen LogP contribution in [0.3, 0.4) is 0 Å². The lowest BCUT2D eigenvalue weighted by Crippen LogP contribution is -2.28. The summed E-state index contributed by atoms with van der Waals surface area (Å²) < 4.78 is 65.4. The van der Waals surface area contributed by atoms with Crippen molar-refractivity contribution < 1.29 is 21.6 Å². The van der Waals surface area contributed by atoms with Crippen LogP contribution in [0.4, 0.5) is 13.2 Å². The van der Waals surface area contributed by atoms with Crippen molar-refractivity contribution in [1.29, 1.82) is 0 Å². The van der Waals surface area contributed by atoms with Crippen LogP contribution in [0.15, 0.2) is 17.0 Å². The van der Waals surface area contributed by atoms with Crippen molar-refractivity contribution in [3.05, 3.63) is 29.6 Å². The number of halogens is 3. The average molecular weight is 308 g/mol. The fourth-order valence-electron chi connectivity index (χ4n) is 2.22. The zero-order chi connectivity index (χ0) is 14.8. The van der Waals surface area contributed by atoms with Gasteiger partial charge < -0.3 is 5.32 Å². The molecule has 2 N–H and O–H groups in total. The van der Waals surface area contributed by atoms with E-state index in [4.69, 9.17) is 0 Å². The van der Waals surface area contributed by atoms with Gasteiger partial charge in [0, 0.05) is 18.7 Å². The molecule has 1 fully saturated rings. The predicted octanol–water partition coefficient (Wildman–Crippen LogP) is 1.38. The molecular weight excluding hydrogens is 293 g/mol. The molecule has 1 heterocycles. The molecule has 1 unspecified atom stereocenters. The summed E-state index contributed by atoms with van der Waals surface area (Å²) in [6.07, 6.45) is 1.53. The second-order valence-electron chi connectivity index (χ2n) is 4.74. The molecule has 0 aromatic heterocycles. The molecule has 0 spiro atoms. The zero-order valence-corrected chi connectivity index (χ0v) is 11.4. The van der Waals surface area contributed by atoms with Crippen molar-refractivity contribution in [2.45, 2.75) is 17.7 Å². The molecular formula is C12H15F3N2O2S. The van der Waals surface area contributed by atoms with Crippen molar-refractivity contribution >= 4 is 10.0 Å². The summed E-state index contributed by atoms with van der Waals surface area (Å²) in [5.74, 6) is -3.67. The first kappa shape index (κ1) is 15.3. The first-order valence-corrected chi connectivity index (χ1v) is 7.73. The van der Waals surface area contributed by atoms with Crippen LogP contribution < -0.4 is 10.0 Å². The van der Waals surface area contributed by atoms with Crippen molar-refractivity contribution in [1.82, 2.24) is 10.0 Å². The van der Waals surface area contributed by atoms with Gasteiger partial charge in [-0.1, -0.05) is 0 Å². The SMILES string of the molecule is O=S(=O)(NCCC1CCNC1)c1c(F)cc(F)cc1F. The lowest BCUT2D eigenvalue weighted by molar-refractivity contribution is 0.488. The lowest BCUT2D eigenvalue weighted by atomic mass is 10.1. The van der Waals surface area contributed by atoms with Gasteiger partial charge in [-0.2, -0.15) is 0 Å². The maximum Gasteiger partial charge on any atom is 0.246 e. The first-order valence-electron chi connectivity index (χ1n) is 6.25. The number of nitrogens with one attached hydrogen (secondary N) is 2. The Morgan fingerprint density at radius 2 is 1.90 bits per heavy atom. The van der Waals surface area contributed by atoms with Crippen LogP contribution >= 0.6 is 0 Å². The molecule has 1 aromatic rings. The Morgan fingerprint density at radius 1 is 1.25 bits per heavy atom. The van der Waals surface area contributed by atoms with Crippen LogP contribution in [0, 0.1) is 23.4 Å². The highest BCUT2D eigenvalue weighted by molar-refractivity contribution is 7.89. The molecule has 20 heavy (non-hydrogen) atoms. The summed E-state index contributed by atoms with van der Waals surface area (Å²) in [5, 5.41) is 3.14. The fraction of sp³-hybridized carbons (Fsp3) is 0.500. The molecule has 1 aliphatic heterocycles. The number of hydrogen-bond donors (Lipinski definition) is 2. The third-order valence-corrected chi connectivity index (χ3v) is 4.75. The van der Waals surface area contributed by atoms with Gasteiger partial charge in [0.05, 0.1) is 0 Å². The summed E-state index contributed by atoms with van der Waals surface area (Å²) >= 11 is 0. The summed E-state index contributed by atoms with van der Waals surface area (Å²) in [4.78, 5) is -1.14. The summed E-state index contributed by atoms with van der Waals surface area (Å²) in [7, 11) is -4.32. The fourth-order valence-corrected chi connectivity index (χ4v) is 3.38. The molecule has 4 nitrogen and oxygen atoms in total. The van der Waals surface area contributed by atoms with E-state index in [0.29, 0.717) is 24.5 Å². The first-order chi connectivity index (χ1) is 9.40. The van der Waals surface area contributed by atoms with E-state index in [9.17, 15) is 21.6 Å². The van der Waals surface area contributed by atoms with Crippen molar-refractivity contribution in [2.24, 2.45) is 5.92 Å². The molecule has 112 valence electrons. The van der Waals surface area contributed by atoms with Crippen LogP contribution in [0.1, 0.15) is 12.8 Å². The second-order valence-corrected chi connectivity index (χ2v) is 6.45. The lowest BCUT2D eigenvalue weighted by Gasteiger charge is -2.11. The van der Waals surface area contributed by atoms with Crippen LogP contribution in [0.5, 0.6) is 0 Å². The van der Waals surface area contributed by atoms with Crippen LogP contribution in [0.25, 0.3) is 0 Å². The Balaban J connectivity index is 2.06. The van der Waals surface area contributed by atoms with Gasteiger partial charge in [-0.15, -0.1) is 0 Å². The third-order valence-electron chi connectivity index (χ3n) is 3.24. The van der Waals surface area contributed by atoms with Gasteiger partial charge in [-0.05, 0) is 31.8 Å². The van der Waals surface area contributed by atoms with Gasteiger partial charge in [-0.3, -0.25) is 0 Å². The van der Waals surface area contributed by atoms with Crippen molar-refractivity contribution in [3.8, 4) is 0 Å². The summed E-state index contributed by atoms with van der Waals surface area (Å²) in [5.41, 5.74) is 0. The molecule has 0 amide bonds. The molecule has 8 heteroatoms. The van der Waals surface area contributed by atoms with E-state index < -0.39 is 32.4 Å². The van der Waals surface area contributed by atoms with Gasteiger partial charge in [0.2, 0.25) is 10.0 Å². The minimum absolute atomic E-state index is 0.0882. The van der Waals surface area contributed by atoms with Gasteiger partial charge in [-0.25, -0.2) is 26.3 Å². The van der Waals surface area contributed by atoms with Gasteiger partial charge in [0.25, 0.3) is 0 Å². The molecule has 0 aliphatic carbocycles. The Bertz CT molecular complexity index is 563. The third kappa shape index (κ3) is 3.50. The van der Waals surface area contributed by atoms with Crippen LogP contribution in [-0.2, 0) is 10.0 Å². The predicted molar refractivity (Wildman–Crippen MR) is 67.1 cm³/mol. The topological polar surface area (TPSA) is 58.2 Å². The zero-order valence-electron chi connectivity index (χ0n) is 10.6. The number of rotatable bonds is 5. The van der Waals surface area contributed by atoms with Crippen molar-refractivity contribution in [3.63, 3.8) is 0 Å². The van der Waals surface area contributed by atoms with E-state index in [1.54, 1.807) is 0 Å². The minimum Gasteiger partial charge on any atom is -0.316 e. The molecule has 1 aromatic carbocycles. The average Bonchev–Trinajstić information content (AvgIpc) is 2.79. The van der Waals surface area contributed by atoms with E-state index in [-0.39, 0.29) is 6.54 Å². The molecule has 0 bridgehead atoms. The van der Waals surface area contributed by atoms with E-state index in [1.807, 2.05) is 0 Å². The summed E-state index contributed by atoms with van der Waals surface area (Å²) in [6.45, 7) is 1.78. The van der Waals surface area contributed by atoms with Gasteiger partial charge in [0.1, 0.15) is 17.5 Å². The van der Waals surface area contributed by atoms with Gasteiger partial charge in [0.15, 0.2) is 4.90 Å². The Morgan fingerprint density at radius 3 is 2.45 bits per heavy atom. The number of benzene rings is 1. The van der Waals surface area contributed by atoms with Crippen molar-refractivity contribution in [2.75, 3.05) is 19.6 Å². The molecule has 1 atom stereocenters. The minimum atomic E-state index is -4.32. The number of sulfonamides is 1. The maximum atomic E-state index is 13.4. The molecule has 0 saturated carbocycles. The highest BCUT2D eigenvalue weighted by Crippen LogP contribution is 2.20. The smallest absolute Gasteiger partial charge is 0.246 e. The maximum absolute atomic E-state index is 13.4. The molecule has 0 radical (unpaired) electrons. The Hall–Kier alpha value is -1.12. The van der Waals surface area contributed by atoms with Crippen LogP contribution in [-0.4, -0.2) is 28.1 Å². The standard InChI is InChI=1S/C12H15F3N2O2S/c13-9-5-10(14)12(11(15)6-9)20(18,19)17-4-2-8-1-3-16-7-8/h5-6,8,16-17H,1-4,7H2. The van der Waals surface area contributed by atoms with E-state index in [1.165, 1.54) is 0 Å². The quantitative estimate of drug-likeness (QED) is 0.864. The molecule has 1 aliphatic rings. The highest BCUT2D eigenvalue weighted by atomic mass is 32.2. The van der Waals surface area contributed by atoms with E-state index >= 15 is 0 Å². The molecule has 2 rings (SSSR count).